The van der Waals surface area contributed by atoms with Gasteiger partial charge < -0.3 is 5.11 Å². The molecule has 1 aliphatic rings. The van der Waals surface area contributed by atoms with E-state index in [9.17, 15) is 9.59 Å². The van der Waals surface area contributed by atoms with E-state index in [1.54, 1.807) is 5.38 Å². The van der Waals surface area contributed by atoms with Gasteiger partial charge in [-0.25, -0.2) is 15.1 Å². The Balaban J connectivity index is 1.82. The number of carboxylic acid groups (broad SMARTS) is 1. The zero-order chi connectivity index (χ0) is 13.0. The van der Waals surface area contributed by atoms with Crippen molar-refractivity contribution in [2.45, 2.75) is 31.8 Å². The number of anilines is 1. The maximum atomic E-state index is 11.5. The minimum atomic E-state index is -1.07. The van der Waals surface area contributed by atoms with Crippen molar-refractivity contribution < 1.29 is 19.5 Å². The predicted octanol–water partition coefficient (Wildman–Crippen LogP) is 2.44. The minimum absolute atomic E-state index is 0.0676. The average molecular weight is 270 g/mol. The van der Waals surface area contributed by atoms with Crippen LogP contribution in [0.4, 0.5) is 9.80 Å². The van der Waals surface area contributed by atoms with Crippen LogP contribution in [0.15, 0.2) is 11.4 Å². The van der Waals surface area contributed by atoms with Gasteiger partial charge in [0, 0.05) is 0 Å². The topological polar surface area (TPSA) is 87.7 Å². The van der Waals surface area contributed by atoms with Gasteiger partial charge in [0.2, 0.25) is 0 Å². The van der Waals surface area contributed by atoms with E-state index >= 15 is 0 Å². The molecular formula is C11H14N2O4S. The van der Waals surface area contributed by atoms with E-state index in [0.29, 0.717) is 5.00 Å². The number of hydrogen-bond donors (Lipinski definition) is 3. The molecule has 1 saturated carbocycles. The Bertz CT molecular complexity index is 440. The molecule has 0 atom stereocenters. The fourth-order valence-electron chi connectivity index (χ4n) is 1.85. The molecule has 2 rings (SSSR count). The third kappa shape index (κ3) is 3.21. The van der Waals surface area contributed by atoms with Crippen molar-refractivity contribution in [3.05, 3.63) is 17.0 Å². The first-order valence-corrected chi connectivity index (χ1v) is 6.58. The molecule has 1 heterocycles. The van der Waals surface area contributed by atoms with Crippen LogP contribution in [0.1, 0.15) is 36.0 Å². The lowest BCUT2D eigenvalue weighted by atomic mass is 10.3. The van der Waals surface area contributed by atoms with Crippen LogP contribution in [0.3, 0.4) is 0 Å². The van der Waals surface area contributed by atoms with Crippen LogP contribution < -0.4 is 10.8 Å². The van der Waals surface area contributed by atoms with Crippen molar-refractivity contribution in [1.29, 1.82) is 0 Å². The van der Waals surface area contributed by atoms with E-state index in [4.69, 9.17) is 9.94 Å². The van der Waals surface area contributed by atoms with E-state index in [0.717, 1.165) is 37.0 Å². The number of hydroxylamine groups is 1. The molecule has 0 unspecified atom stereocenters. The molecule has 1 fully saturated rings. The van der Waals surface area contributed by atoms with Gasteiger partial charge >= 0.3 is 12.0 Å². The fraction of sp³-hybridized carbons (Fsp3) is 0.455. The number of carbonyl (C=O) groups is 2. The van der Waals surface area contributed by atoms with Gasteiger partial charge in [-0.15, -0.1) is 11.3 Å². The molecule has 3 N–H and O–H groups in total. The number of carboxylic acids is 1. The van der Waals surface area contributed by atoms with Crippen molar-refractivity contribution in [3.63, 3.8) is 0 Å². The second-order valence-electron chi connectivity index (χ2n) is 4.05. The third-order valence-electron chi connectivity index (χ3n) is 2.74. The van der Waals surface area contributed by atoms with Crippen molar-refractivity contribution in [1.82, 2.24) is 5.48 Å². The number of urea groups is 1. The first-order chi connectivity index (χ1) is 8.66. The van der Waals surface area contributed by atoms with Gasteiger partial charge in [-0.2, -0.15) is 0 Å². The van der Waals surface area contributed by atoms with Crippen LogP contribution in [0.5, 0.6) is 0 Å². The standard InChI is InChI=1S/C11H14N2O4S/c14-10(15)8-5-6-18-9(8)12-11(16)13-17-7-3-1-2-4-7/h5-7H,1-4H2,(H,14,15)(H2,12,13,16). The van der Waals surface area contributed by atoms with Gasteiger partial charge in [0.05, 0.1) is 11.7 Å². The second-order valence-corrected chi connectivity index (χ2v) is 4.97. The summed E-state index contributed by atoms with van der Waals surface area (Å²) in [5.74, 6) is -1.07. The molecule has 0 aromatic carbocycles. The Labute approximate surface area is 108 Å². The maximum Gasteiger partial charge on any atom is 0.343 e. The molecule has 98 valence electrons. The van der Waals surface area contributed by atoms with Gasteiger partial charge in [-0.1, -0.05) is 12.8 Å². The van der Waals surface area contributed by atoms with Crippen molar-refractivity contribution in [2.24, 2.45) is 0 Å². The van der Waals surface area contributed by atoms with Crippen molar-refractivity contribution >= 4 is 28.3 Å². The Kier molecular flexibility index (Phi) is 4.16. The third-order valence-corrected chi connectivity index (χ3v) is 3.57. The molecular weight excluding hydrogens is 256 g/mol. The zero-order valence-corrected chi connectivity index (χ0v) is 10.5. The van der Waals surface area contributed by atoms with E-state index in [1.807, 2.05) is 0 Å². The van der Waals surface area contributed by atoms with Gasteiger partial charge in [-0.05, 0) is 24.3 Å². The van der Waals surface area contributed by atoms with E-state index in [-0.39, 0.29) is 11.7 Å². The number of amides is 2. The minimum Gasteiger partial charge on any atom is -0.478 e. The Morgan fingerprint density at radius 1 is 1.39 bits per heavy atom. The predicted molar refractivity (Wildman–Crippen MR) is 66.8 cm³/mol. The summed E-state index contributed by atoms with van der Waals surface area (Å²) in [5, 5.41) is 13.2. The molecule has 0 bridgehead atoms. The lowest BCUT2D eigenvalue weighted by Crippen LogP contribution is -2.32. The average Bonchev–Trinajstić information content (AvgIpc) is 2.96. The molecule has 7 heteroatoms. The highest BCUT2D eigenvalue weighted by molar-refractivity contribution is 7.14. The second kappa shape index (κ2) is 5.83. The number of hydrogen-bond acceptors (Lipinski definition) is 4. The summed E-state index contributed by atoms with van der Waals surface area (Å²) < 4.78 is 0. The molecule has 2 amide bonds. The lowest BCUT2D eigenvalue weighted by molar-refractivity contribution is 0.00337. The lowest BCUT2D eigenvalue weighted by Gasteiger charge is -2.11. The van der Waals surface area contributed by atoms with E-state index in [2.05, 4.69) is 10.8 Å². The van der Waals surface area contributed by atoms with E-state index < -0.39 is 12.0 Å². The van der Waals surface area contributed by atoms with Crippen LogP contribution in [-0.4, -0.2) is 23.2 Å². The van der Waals surface area contributed by atoms with Crippen molar-refractivity contribution in [3.8, 4) is 0 Å². The smallest absolute Gasteiger partial charge is 0.343 e. The largest absolute Gasteiger partial charge is 0.478 e. The van der Waals surface area contributed by atoms with Gasteiger partial charge in [-0.3, -0.25) is 10.2 Å². The molecule has 0 spiro atoms. The highest BCUT2D eigenvalue weighted by Gasteiger charge is 2.18. The van der Waals surface area contributed by atoms with Crippen LogP contribution in [0, 0.1) is 0 Å². The SMILES string of the molecule is O=C(NOC1CCCC1)Nc1sccc1C(=O)O. The number of aromatic carboxylic acids is 1. The Morgan fingerprint density at radius 2 is 2.11 bits per heavy atom. The summed E-state index contributed by atoms with van der Waals surface area (Å²) in [6.45, 7) is 0. The first kappa shape index (κ1) is 12.8. The summed E-state index contributed by atoms with van der Waals surface area (Å²) >= 11 is 1.16. The summed E-state index contributed by atoms with van der Waals surface area (Å²) in [5.41, 5.74) is 2.37. The summed E-state index contributed by atoms with van der Waals surface area (Å²) in [6.07, 6.45) is 4.18. The quantitative estimate of drug-likeness (QED) is 0.733. The molecule has 0 aliphatic heterocycles. The summed E-state index contributed by atoms with van der Waals surface area (Å²) in [4.78, 5) is 27.6. The monoisotopic (exact) mass is 270 g/mol. The van der Waals surface area contributed by atoms with Crippen LogP contribution >= 0.6 is 11.3 Å². The Hall–Kier alpha value is -1.60. The number of thiophene rings is 1. The van der Waals surface area contributed by atoms with Crippen molar-refractivity contribution in [2.75, 3.05) is 5.32 Å². The molecule has 1 aromatic rings. The van der Waals surface area contributed by atoms with Gasteiger partial charge in [0.15, 0.2) is 0 Å². The summed E-state index contributed by atoms with van der Waals surface area (Å²) in [6, 6.07) is 0.896. The zero-order valence-electron chi connectivity index (χ0n) is 9.64. The Morgan fingerprint density at radius 3 is 2.78 bits per heavy atom. The van der Waals surface area contributed by atoms with Crippen LogP contribution in [0.25, 0.3) is 0 Å². The number of carbonyl (C=O) groups excluding carboxylic acids is 1. The molecule has 1 aliphatic carbocycles. The number of rotatable bonds is 4. The van der Waals surface area contributed by atoms with Gasteiger partial charge in [0.1, 0.15) is 5.00 Å². The van der Waals surface area contributed by atoms with Gasteiger partial charge in [0.25, 0.3) is 0 Å². The fourth-order valence-corrected chi connectivity index (χ4v) is 2.62. The molecule has 1 aromatic heterocycles. The summed E-state index contributed by atoms with van der Waals surface area (Å²) in [7, 11) is 0. The molecule has 0 radical (unpaired) electrons. The van der Waals surface area contributed by atoms with E-state index in [1.165, 1.54) is 6.07 Å². The molecule has 18 heavy (non-hydrogen) atoms. The number of nitrogens with one attached hydrogen (secondary N) is 2. The first-order valence-electron chi connectivity index (χ1n) is 5.70. The molecule has 0 saturated heterocycles. The maximum absolute atomic E-state index is 11.5. The molecule has 6 nitrogen and oxygen atoms in total. The normalized spacial score (nSPS) is 15.6. The highest BCUT2D eigenvalue weighted by Crippen LogP contribution is 2.23. The van der Waals surface area contributed by atoms with Crippen LogP contribution in [-0.2, 0) is 4.84 Å². The highest BCUT2D eigenvalue weighted by atomic mass is 32.1. The van der Waals surface area contributed by atoms with Crippen LogP contribution in [0.2, 0.25) is 0 Å².